The van der Waals surface area contributed by atoms with Crippen LogP contribution in [0.1, 0.15) is 25.5 Å². The van der Waals surface area contributed by atoms with Gasteiger partial charge in [0.05, 0.1) is 11.4 Å². The molecule has 4 nitrogen and oxygen atoms in total. The van der Waals surface area contributed by atoms with E-state index in [0.717, 1.165) is 30.3 Å². The molecule has 0 bridgehead atoms. The normalized spacial score (nSPS) is 17.1. The maximum atomic E-state index is 6.20. The third-order valence-electron chi connectivity index (χ3n) is 2.94. The highest BCUT2D eigenvalue weighted by Crippen LogP contribution is 2.31. The Morgan fingerprint density at radius 3 is 2.44 bits per heavy atom. The molecule has 1 aromatic heterocycles. The number of rotatable bonds is 2. The average molecular weight is 240 g/mol. The molecule has 1 aliphatic rings. The molecule has 1 aromatic rings. The monoisotopic (exact) mass is 240 g/mol. The number of aryl methyl sites for hydroxylation is 1. The fraction of sp³-hybridized carbons (Fsp3) is 0.727. The molecule has 0 radical (unpaired) electrons. The predicted molar refractivity (Wildman–Crippen MR) is 71.2 cm³/mol. The zero-order valence-corrected chi connectivity index (χ0v) is 11.0. The van der Waals surface area contributed by atoms with E-state index in [4.69, 9.17) is 5.73 Å². The predicted octanol–water partition coefficient (Wildman–Crippen LogP) is 1.68. The quantitative estimate of drug-likeness (QED) is 0.854. The van der Waals surface area contributed by atoms with E-state index in [1.165, 1.54) is 11.5 Å². The van der Waals surface area contributed by atoms with Crippen molar-refractivity contribution in [1.82, 2.24) is 9.78 Å². The number of hydrogen-bond donors (Lipinski definition) is 1. The highest BCUT2D eigenvalue weighted by molar-refractivity contribution is 7.99. The van der Waals surface area contributed by atoms with E-state index in [0.29, 0.717) is 5.92 Å². The summed E-state index contributed by atoms with van der Waals surface area (Å²) >= 11 is 2.01. The van der Waals surface area contributed by atoms with Crippen LogP contribution in [0, 0.1) is 0 Å². The number of nitrogen functional groups attached to an aromatic ring is 1. The molecule has 1 saturated heterocycles. The van der Waals surface area contributed by atoms with Gasteiger partial charge in [0.2, 0.25) is 0 Å². The van der Waals surface area contributed by atoms with Crippen molar-refractivity contribution in [2.24, 2.45) is 7.05 Å². The number of anilines is 2. The molecular formula is C11H20N4S. The minimum atomic E-state index is 0.388. The summed E-state index contributed by atoms with van der Waals surface area (Å²) in [6.07, 6.45) is 0. The van der Waals surface area contributed by atoms with Gasteiger partial charge in [-0.2, -0.15) is 16.9 Å². The van der Waals surface area contributed by atoms with E-state index in [2.05, 4.69) is 23.8 Å². The molecular weight excluding hydrogens is 220 g/mol. The SMILES string of the molecule is CC(C)c1nn(C)c(N2CCSCC2)c1N. The van der Waals surface area contributed by atoms with Crippen LogP contribution in [-0.4, -0.2) is 34.4 Å². The Bertz CT molecular complexity index is 366. The second-order valence-electron chi connectivity index (χ2n) is 4.50. The molecule has 2 rings (SSSR count). The first-order valence-corrected chi connectivity index (χ1v) is 6.91. The van der Waals surface area contributed by atoms with Crippen LogP contribution in [-0.2, 0) is 7.05 Å². The summed E-state index contributed by atoms with van der Waals surface area (Å²) in [6, 6.07) is 0. The molecule has 0 unspecified atom stereocenters. The fourth-order valence-electron chi connectivity index (χ4n) is 2.13. The van der Waals surface area contributed by atoms with Crippen LogP contribution in [0.2, 0.25) is 0 Å². The van der Waals surface area contributed by atoms with Gasteiger partial charge in [-0.25, -0.2) is 0 Å². The van der Waals surface area contributed by atoms with Crippen LogP contribution >= 0.6 is 11.8 Å². The van der Waals surface area contributed by atoms with Gasteiger partial charge in [-0.15, -0.1) is 0 Å². The Labute approximate surface area is 101 Å². The average Bonchev–Trinajstić information content (AvgIpc) is 2.56. The van der Waals surface area contributed by atoms with Crippen LogP contribution in [0.15, 0.2) is 0 Å². The topological polar surface area (TPSA) is 47.1 Å². The lowest BCUT2D eigenvalue weighted by Gasteiger charge is -2.28. The third kappa shape index (κ3) is 2.00. The Morgan fingerprint density at radius 2 is 1.94 bits per heavy atom. The molecule has 0 saturated carbocycles. The Morgan fingerprint density at radius 1 is 1.31 bits per heavy atom. The summed E-state index contributed by atoms with van der Waals surface area (Å²) in [5.41, 5.74) is 8.09. The summed E-state index contributed by atoms with van der Waals surface area (Å²) in [5, 5.41) is 4.53. The van der Waals surface area contributed by atoms with Crippen molar-refractivity contribution < 1.29 is 0 Å². The lowest BCUT2D eigenvalue weighted by atomic mass is 10.1. The number of thioether (sulfide) groups is 1. The molecule has 0 aliphatic carbocycles. The molecule has 0 atom stereocenters. The van der Waals surface area contributed by atoms with Crippen molar-refractivity contribution in [3.05, 3.63) is 5.69 Å². The van der Waals surface area contributed by atoms with Crippen molar-refractivity contribution in [2.45, 2.75) is 19.8 Å². The van der Waals surface area contributed by atoms with Crippen molar-refractivity contribution in [1.29, 1.82) is 0 Å². The summed E-state index contributed by atoms with van der Waals surface area (Å²) in [6.45, 7) is 6.42. The van der Waals surface area contributed by atoms with Gasteiger partial charge >= 0.3 is 0 Å². The van der Waals surface area contributed by atoms with E-state index in [1.54, 1.807) is 0 Å². The zero-order valence-electron chi connectivity index (χ0n) is 10.2. The first kappa shape index (κ1) is 11.6. The molecule has 2 heterocycles. The zero-order chi connectivity index (χ0) is 11.7. The van der Waals surface area contributed by atoms with Crippen LogP contribution in [0.25, 0.3) is 0 Å². The van der Waals surface area contributed by atoms with Gasteiger partial charge in [0.1, 0.15) is 5.82 Å². The van der Waals surface area contributed by atoms with Crippen molar-refractivity contribution in [2.75, 3.05) is 35.2 Å². The maximum Gasteiger partial charge on any atom is 0.150 e. The summed E-state index contributed by atoms with van der Waals surface area (Å²) in [7, 11) is 1.99. The van der Waals surface area contributed by atoms with Crippen molar-refractivity contribution in [3.8, 4) is 0 Å². The van der Waals surface area contributed by atoms with Gasteiger partial charge in [-0.3, -0.25) is 4.68 Å². The van der Waals surface area contributed by atoms with Gasteiger partial charge < -0.3 is 10.6 Å². The lowest BCUT2D eigenvalue weighted by molar-refractivity contribution is 0.691. The summed E-state index contributed by atoms with van der Waals surface area (Å²) in [5.74, 6) is 3.85. The lowest BCUT2D eigenvalue weighted by Crippen LogP contribution is -2.34. The number of nitrogens with zero attached hydrogens (tertiary/aromatic N) is 3. The Hall–Kier alpha value is -0.840. The fourth-order valence-corrected chi connectivity index (χ4v) is 3.03. The maximum absolute atomic E-state index is 6.20. The Kier molecular flexibility index (Phi) is 3.33. The van der Waals surface area contributed by atoms with Gasteiger partial charge in [-0.05, 0) is 5.92 Å². The Balaban J connectivity index is 2.32. The van der Waals surface area contributed by atoms with Gasteiger partial charge in [-0.1, -0.05) is 13.8 Å². The van der Waals surface area contributed by atoms with Gasteiger partial charge in [0, 0.05) is 31.6 Å². The minimum Gasteiger partial charge on any atom is -0.394 e. The van der Waals surface area contributed by atoms with E-state index in [1.807, 2.05) is 23.5 Å². The second-order valence-corrected chi connectivity index (χ2v) is 5.72. The van der Waals surface area contributed by atoms with E-state index in [-0.39, 0.29) is 0 Å². The van der Waals surface area contributed by atoms with E-state index in [9.17, 15) is 0 Å². The number of hydrogen-bond acceptors (Lipinski definition) is 4. The van der Waals surface area contributed by atoms with Crippen molar-refractivity contribution >= 4 is 23.3 Å². The first-order chi connectivity index (χ1) is 7.61. The number of aromatic nitrogens is 2. The molecule has 0 aromatic carbocycles. The molecule has 0 spiro atoms. The van der Waals surface area contributed by atoms with E-state index < -0.39 is 0 Å². The second kappa shape index (κ2) is 4.57. The van der Waals surface area contributed by atoms with Crippen LogP contribution < -0.4 is 10.6 Å². The van der Waals surface area contributed by atoms with Gasteiger partial charge in [0.25, 0.3) is 0 Å². The highest BCUT2D eigenvalue weighted by atomic mass is 32.2. The standard InChI is InChI=1S/C11H20N4S/c1-8(2)10-9(12)11(14(3)13-10)15-4-6-16-7-5-15/h8H,4-7,12H2,1-3H3. The number of nitrogens with two attached hydrogens (primary N) is 1. The smallest absolute Gasteiger partial charge is 0.150 e. The molecule has 1 fully saturated rings. The van der Waals surface area contributed by atoms with Crippen molar-refractivity contribution in [3.63, 3.8) is 0 Å². The molecule has 16 heavy (non-hydrogen) atoms. The first-order valence-electron chi connectivity index (χ1n) is 5.76. The third-order valence-corrected chi connectivity index (χ3v) is 3.88. The molecule has 2 N–H and O–H groups in total. The van der Waals surface area contributed by atoms with Crippen LogP contribution in [0.3, 0.4) is 0 Å². The summed E-state index contributed by atoms with van der Waals surface area (Å²) < 4.78 is 1.93. The minimum absolute atomic E-state index is 0.388. The molecule has 90 valence electrons. The molecule has 5 heteroatoms. The van der Waals surface area contributed by atoms with Crippen LogP contribution in [0.4, 0.5) is 11.5 Å². The molecule has 0 amide bonds. The van der Waals surface area contributed by atoms with E-state index >= 15 is 0 Å². The largest absolute Gasteiger partial charge is 0.394 e. The summed E-state index contributed by atoms with van der Waals surface area (Å²) in [4.78, 5) is 2.35. The highest BCUT2D eigenvalue weighted by Gasteiger charge is 2.22. The van der Waals surface area contributed by atoms with Crippen LogP contribution in [0.5, 0.6) is 0 Å². The molecule has 1 aliphatic heterocycles. The van der Waals surface area contributed by atoms with Gasteiger partial charge in [0.15, 0.2) is 0 Å².